The van der Waals surface area contributed by atoms with Crippen molar-refractivity contribution in [3.8, 4) is 0 Å². The first-order valence-corrected chi connectivity index (χ1v) is 7.03. The topological polar surface area (TPSA) is 43.8 Å². The van der Waals surface area contributed by atoms with E-state index in [0.717, 1.165) is 28.5 Å². The number of benzene rings is 1. The molecule has 1 saturated carbocycles. The molecule has 2 N–H and O–H groups in total. The van der Waals surface area contributed by atoms with Crippen LogP contribution in [0.1, 0.15) is 32.1 Å². The minimum Gasteiger partial charge on any atom is -0.369 e. The van der Waals surface area contributed by atoms with Gasteiger partial charge in [0.05, 0.1) is 11.0 Å². The monoisotopic (exact) mass is 263 g/mol. The Hall–Kier alpha value is -1.22. The zero-order valence-corrected chi connectivity index (χ0v) is 11.2. The number of imidazole rings is 1. The summed E-state index contributed by atoms with van der Waals surface area (Å²) in [5.74, 6) is 1.34. The Balaban J connectivity index is 1.94. The SMILES string of the molecule is Nc1nc2ccc(Cl)cc2n1CC1CCCCC1. The van der Waals surface area contributed by atoms with Crippen molar-refractivity contribution >= 4 is 28.6 Å². The van der Waals surface area contributed by atoms with Crippen LogP contribution in [0.25, 0.3) is 11.0 Å². The molecule has 3 rings (SSSR count). The number of aromatic nitrogens is 2. The third-order valence-corrected chi connectivity index (χ3v) is 4.14. The number of rotatable bonds is 2. The maximum absolute atomic E-state index is 6.06. The van der Waals surface area contributed by atoms with Crippen LogP contribution < -0.4 is 5.73 Å². The van der Waals surface area contributed by atoms with Gasteiger partial charge in [0.15, 0.2) is 0 Å². The van der Waals surface area contributed by atoms with E-state index in [-0.39, 0.29) is 0 Å². The maximum atomic E-state index is 6.06. The summed E-state index contributed by atoms with van der Waals surface area (Å²) >= 11 is 6.06. The number of hydrogen-bond donors (Lipinski definition) is 1. The van der Waals surface area contributed by atoms with Crippen LogP contribution in [0.3, 0.4) is 0 Å². The quantitative estimate of drug-likeness (QED) is 0.894. The molecule has 0 aliphatic heterocycles. The van der Waals surface area contributed by atoms with Crippen molar-refractivity contribution in [3.05, 3.63) is 23.2 Å². The molecule has 1 aliphatic rings. The van der Waals surface area contributed by atoms with Gasteiger partial charge in [-0.15, -0.1) is 0 Å². The second-order valence-corrected chi connectivity index (χ2v) is 5.65. The third kappa shape index (κ3) is 2.19. The van der Waals surface area contributed by atoms with Crippen molar-refractivity contribution in [2.45, 2.75) is 38.6 Å². The second-order valence-electron chi connectivity index (χ2n) is 5.22. The number of anilines is 1. The molecule has 0 unspecified atom stereocenters. The number of nitrogens with zero attached hydrogens (tertiary/aromatic N) is 2. The molecular weight excluding hydrogens is 246 g/mol. The molecule has 0 amide bonds. The Morgan fingerprint density at radius 2 is 2.06 bits per heavy atom. The van der Waals surface area contributed by atoms with E-state index in [4.69, 9.17) is 17.3 Å². The maximum Gasteiger partial charge on any atom is 0.201 e. The molecule has 18 heavy (non-hydrogen) atoms. The van der Waals surface area contributed by atoms with E-state index in [0.29, 0.717) is 5.95 Å². The molecule has 0 radical (unpaired) electrons. The van der Waals surface area contributed by atoms with Gasteiger partial charge in [-0.25, -0.2) is 4.98 Å². The van der Waals surface area contributed by atoms with Gasteiger partial charge < -0.3 is 10.3 Å². The first-order valence-electron chi connectivity index (χ1n) is 6.65. The largest absolute Gasteiger partial charge is 0.369 e. The molecule has 0 spiro atoms. The standard InChI is InChI=1S/C14H18ClN3/c15-11-6-7-12-13(8-11)18(14(16)17-12)9-10-4-2-1-3-5-10/h6-8,10H,1-5,9H2,(H2,16,17). The Labute approximate surface area is 112 Å². The van der Waals surface area contributed by atoms with Gasteiger partial charge in [0.2, 0.25) is 5.95 Å². The van der Waals surface area contributed by atoms with E-state index >= 15 is 0 Å². The molecule has 1 aromatic carbocycles. The van der Waals surface area contributed by atoms with E-state index < -0.39 is 0 Å². The summed E-state index contributed by atoms with van der Waals surface area (Å²) < 4.78 is 2.12. The van der Waals surface area contributed by atoms with Gasteiger partial charge in [-0.1, -0.05) is 30.9 Å². The number of nitrogens with two attached hydrogens (primary N) is 1. The summed E-state index contributed by atoms with van der Waals surface area (Å²) in [4.78, 5) is 4.40. The van der Waals surface area contributed by atoms with E-state index in [1.54, 1.807) is 0 Å². The van der Waals surface area contributed by atoms with Crippen molar-refractivity contribution in [1.29, 1.82) is 0 Å². The lowest BCUT2D eigenvalue weighted by Gasteiger charge is -2.22. The summed E-state index contributed by atoms with van der Waals surface area (Å²) in [6, 6.07) is 5.76. The lowest BCUT2D eigenvalue weighted by Crippen LogP contribution is -2.15. The minimum atomic E-state index is 0.609. The number of hydrogen-bond acceptors (Lipinski definition) is 2. The molecule has 4 heteroatoms. The summed E-state index contributed by atoms with van der Waals surface area (Å²) in [5, 5.41) is 0.743. The molecule has 1 aromatic heterocycles. The summed E-state index contributed by atoms with van der Waals surface area (Å²) in [5.41, 5.74) is 8.03. The van der Waals surface area contributed by atoms with Gasteiger partial charge in [-0.05, 0) is 37.0 Å². The van der Waals surface area contributed by atoms with E-state index in [1.807, 2.05) is 18.2 Å². The average molecular weight is 264 g/mol. The Bertz CT molecular complexity index is 555. The molecule has 0 saturated heterocycles. The van der Waals surface area contributed by atoms with Crippen molar-refractivity contribution in [1.82, 2.24) is 9.55 Å². The highest BCUT2D eigenvalue weighted by molar-refractivity contribution is 6.31. The fraction of sp³-hybridized carbons (Fsp3) is 0.500. The molecule has 3 nitrogen and oxygen atoms in total. The summed E-state index contributed by atoms with van der Waals surface area (Å²) in [7, 11) is 0. The summed E-state index contributed by atoms with van der Waals surface area (Å²) in [6.07, 6.45) is 6.68. The number of nitrogen functional groups attached to an aromatic ring is 1. The predicted octanol–water partition coefficient (Wildman–Crippen LogP) is 3.85. The van der Waals surface area contributed by atoms with Crippen LogP contribution in [0.4, 0.5) is 5.95 Å². The molecule has 1 heterocycles. The second kappa shape index (κ2) is 4.81. The minimum absolute atomic E-state index is 0.609. The molecule has 1 fully saturated rings. The molecular formula is C14H18ClN3. The van der Waals surface area contributed by atoms with Crippen LogP contribution in [-0.4, -0.2) is 9.55 Å². The normalized spacial score (nSPS) is 17.4. The zero-order valence-electron chi connectivity index (χ0n) is 10.4. The van der Waals surface area contributed by atoms with Crippen molar-refractivity contribution in [2.75, 3.05) is 5.73 Å². The zero-order chi connectivity index (χ0) is 12.5. The predicted molar refractivity (Wildman–Crippen MR) is 75.7 cm³/mol. The van der Waals surface area contributed by atoms with Gasteiger partial charge in [0, 0.05) is 11.6 Å². The van der Waals surface area contributed by atoms with Gasteiger partial charge in [0.25, 0.3) is 0 Å². The summed E-state index contributed by atoms with van der Waals surface area (Å²) in [6.45, 7) is 0.975. The van der Waals surface area contributed by atoms with Crippen molar-refractivity contribution < 1.29 is 0 Å². The molecule has 96 valence electrons. The highest BCUT2D eigenvalue weighted by atomic mass is 35.5. The Kier molecular flexibility index (Phi) is 3.16. The van der Waals surface area contributed by atoms with Gasteiger partial charge in [0.1, 0.15) is 0 Å². The molecule has 1 aliphatic carbocycles. The van der Waals surface area contributed by atoms with E-state index in [9.17, 15) is 0 Å². The molecule has 0 bridgehead atoms. The first kappa shape index (κ1) is 11.8. The van der Waals surface area contributed by atoms with E-state index in [2.05, 4.69) is 9.55 Å². The van der Waals surface area contributed by atoms with E-state index in [1.165, 1.54) is 32.1 Å². The number of fused-ring (bicyclic) bond motifs is 1. The molecule has 2 aromatic rings. The van der Waals surface area contributed by atoms with Crippen LogP contribution in [-0.2, 0) is 6.54 Å². The van der Waals surface area contributed by atoms with Crippen LogP contribution in [0.2, 0.25) is 5.02 Å². The lowest BCUT2D eigenvalue weighted by atomic mass is 9.89. The van der Waals surface area contributed by atoms with Crippen LogP contribution in [0.15, 0.2) is 18.2 Å². The average Bonchev–Trinajstić information content (AvgIpc) is 2.67. The van der Waals surface area contributed by atoms with Gasteiger partial charge in [-0.2, -0.15) is 0 Å². The van der Waals surface area contributed by atoms with Gasteiger partial charge >= 0.3 is 0 Å². The van der Waals surface area contributed by atoms with Crippen LogP contribution in [0.5, 0.6) is 0 Å². The van der Waals surface area contributed by atoms with Crippen LogP contribution in [0, 0.1) is 5.92 Å². The van der Waals surface area contributed by atoms with Crippen molar-refractivity contribution in [2.24, 2.45) is 5.92 Å². The highest BCUT2D eigenvalue weighted by Gasteiger charge is 2.17. The Morgan fingerprint density at radius 1 is 1.28 bits per heavy atom. The highest BCUT2D eigenvalue weighted by Crippen LogP contribution is 2.28. The number of halogens is 1. The molecule has 0 atom stereocenters. The van der Waals surface area contributed by atoms with Crippen molar-refractivity contribution in [3.63, 3.8) is 0 Å². The first-order chi connectivity index (χ1) is 8.74. The fourth-order valence-electron chi connectivity index (χ4n) is 2.93. The lowest BCUT2D eigenvalue weighted by molar-refractivity contribution is 0.323. The van der Waals surface area contributed by atoms with Crippen LogP contribution >= 0.6 is 11.6 Å². The fourth-order valence-corrected chi connectivity index (χ4v) is 3.10. The third-order valence-electron chi connectivity index (χ3n) is 3.91. The smallest absolute Gasteiger partial charge is 0.201 e. The van der Waals surface area contributed by atoms with Gasteiger partial charge in [-0.3, -0.25) is 0 Å². The Morgan fingerprint density at radius 3 is 2.83 bits per heavy atom.